The molecular weight excluding hydrogens is 216 g/mol. The lowest BCUT2D eigenvalue weighted by atomic mass is 9.97. The van der Waals surface area contributed by atoms with Crippen molar-refractivity contribution in [1.82, 2.24) is 10.2 Å². The summed E-state index contributed by atoms with van der Waals surface area (Å²) < 4.78 is 0. The fourth-order valence-electron chi connectivity index (χ4n) is 3.13. The van der Waals surface area contributed by atoms with Crippen LogP contribution < -0.4 is 5.32 Å². The molecule has 1 N–H and O–H groups in total. The normalized spacial score (nSPS) is 40.1. The maximum Gasteiger partial charge on any atom is 0.0253 e. The van der Waals surface area contributed by atoms with Gasteiger partial charge in [-0.05, 0) is 46.3 Å². The standard InChI is InChI=1S/C13H26N2S/c1-10-8-14-13(2,3)9-15(10)11-5-6-12(7-11)16-4/h10-12,14H,5-9H2,1-4H3. The Morgan fingerprint density at radius 3 is 2.69 bits per heavy atom. The summed E-state index contributed by atoms with van der Waals surface area (Å²) in [6, 6.07) is 1.55. The van der Waals surface area contributed by atoms with E-state index >= 15 is 0 Å². The molecule has 2 rings (SSSR count). The minimum atomic E-state index is 0.296. The Labute approximate surface area is 105 Å². The first-order valence-corrected chi connectivity index (χ1v) is 7.84. The van der Waals surface area contributed by atoms with Crippen molar-refractivity contribution in [3.63, 3.8) is 0 Å². The highest BCUT2D eigenvalue weighted by molar-refractivity contribution is 7.99. The number of nitrogens with one attached hydrogen (secondary N) is 1. The second-order valence-electron chi connectivity index (χ2n) is 6.11. The summed E-state index contributed by atoms with van der Waals surface area (Å²) >= 11 is 2.06. The first-order valence-electron chi connectivity index (χ1n) is 6.55. The molecule has 0 aromatic carbocycles. The molecule has 1 saturated carbocycles. The molecule has 3 atom stereocenters. The first kappa shape index (κ1) is 12.7. The SMILES string of the molecule is CSC1CCC(N2CC(C)(C)NCC2C)C1. The predicted octanol–water partition coefficient (Wildman–Crippen LogP) is 2.34. The summed E-state index contributed by atoms with van der Waals surface area (Å²) in [6.07, 6.45) is 6.49. The number of hydrogen-bond donors (Lipinski definition) is 1. The zero-order valence-corrected chi connectivity index (χ0v) is 11.9. The number of rotatable bonds is 2. The van der Waals surface area contributed by atoms with Gasteiger partial charge in [0.1, 0.15) is 0 Å². The Bertz CT molecular complexity index is 242. The van der Waals surface area contributed by atoms with Crippen molar-refractivity contribution in [2.75, 3.05) is 19.3 Å². The monoisotopic (exact) mass is 242 g/mol. The number of thioether (sulfide) groups is 1. The average molecular weight is 242 g/mol. The van der Waals surface area contributed by atoms with Crippen molar-refractivity contribution in [3.8, 4) is 0 Å². The van der Waals surface area contributed by atoms with E-state index in [2.05, 4.69) is 49.0 Å². The van der Waals surface area contributed by atoms with Gasteiger partial charge in [0.2, 0.25) is 0 Å². The van der Waals surface area contributed by atoms with Crippen molar-refractivity contribution in [3.05, 3.63) is 0 Å². The summed E-state index contributed by atoms with van der Waals surface area (Å²) in [6.45, 7) is 9.38. The van der Waals surface area contributed by atoms with E-state index in [-0.39, 0.29) is 0 Å². The van der Waals surface area contributed by atoms with Crippen LogP contribution in [0.15, 0.2) is 0 Å². The van der Waals surface area contributed by atoms with Crippen LogP contribution >= 0.6 is 11.8 Å². The van der Waals surface area contributed by atoms with Crippen molar-refractivity contribution < 1.29 is 0 Å². The van der Waals surface area contributed by atoms with Gasteiger partial charge in [-0.1, -0.05) is 0 Å². The van der Waals surface area contributed by atoms with Crippen LogP contribution in [0.1, 0.15) is 40.0 Å². The van der Waals surface area contributed by atoms with E-state index in [1.807, 2.05) is 0 Å². The largest absolute Gasteiger partial charge is 0.309 e. The first-order chi connectivity index (χ1) is 7.52. The van der Waals surface area contributed by atoms with E-state index in [1.165, 1.54) is 25.8 Å². The maximum absolute atomic E-state index is 3.64. The molecule has 0 radical (unpaired) electrons. The van der Waals surface area contributed by atoms with E-state index in [9.17, 15) is 0 Å². The molecule has 94 valence electrons. The number of nitrogens with zero attached hydrogens (tertiary/aromatic N) is 1. The van der Waals surface area contributed by atoms with Crippen LogP contribution in [-0.2, 0) is 0 Å². The lowest BCUT2D eigenvalue weighted by molar-refractivity contribution is 0.0648. The molecule has 2 aliphatic rings. The molecule has 3 unspecified atom stereocenters. The van der Waals surface area contributed by atoms with E-state index < -0.39 is 0 Å². The van der Waals surface area contributed by atoms with Gasteiger partial charge in [0.05, 0.1) is 0 Å². The van der Waals surface area contributed by atoms with E-state index in [0.29, 0.717) is 11.6 Å². The second-order valence-corrected chi connectivity index (χ2v) is 7.25. The summed E-state index contributed by atoms with van der Waals surface area (Å²) in [7, 11) is 0. The van der Waals surface area contributed by atoms with Crippen molar-refractivity contribution in [1.29, 1.82) is 0 Å². The Morgan fingerprint density at radius 2 is 2.06 bits per heavy atom. The minimum Gasteiger partial charge on any atom is -0.309 e. The van der Waals surface area contributed by atoms with Crippen LogP contribution in [0.4, 0.5) is 0 Å². The fraction of sp³-hybridized carbons (Fsp3) is 1.00. The van der Waals surface area contributed by atoms with Crippen molar-refractivity contribution in [2.45, 2.75) is 62.9 Å². The highest BCUT2D eigenvalue weighted by Crippen LogP contribution is 2.33. The molecule has 1 saturated heterocycles. The van der Waals surface area contributed by atoms with Crippen LogP contribution in [0.2, 0.25) is 0 Å². The van der Waals surface area contributed by atoms with Crippen LogP contribution in [0.25, 0.3) is 0 Å². The highest BCUT2D eigenvalue weighted by Gasteiger charge is 2.37. The molecule has 3 heteroatoms. The van der Waals surface area contributed by atoms with E-state index in [4.69, 9.17) is 0 Å². The predicted molar refractivity (Wildman–Crippen MR) is 73.2 cm³/mol. The number of hydrogen-bond acceptors (Lipinski definition) is 3. The van der Waals surface area contributed by atoms with Gasteiger partial charge in [0.25, 0.3) is 0 Å². The van der Waals surface area contributed by atoms with Crippen LogP contribution in [0.5, 0.6) is 0 Å². The molecule has 2 nitrogen and oxygen atoms in total. The summed E-state index contributed by atoms with van der Waals surface area (Å²) in [4.78, 5) is 2.76. The molecule has 0 spiro atoms. The van der Waals surface area contributed by atoms with Crippen molar-refractivity contribution >= 4 is 11.8 Å². The quantitative estimate of drug-likeness (QED) is 0.800. The molecule has 0 aromatic heterocycles. The second kappa shape index (κ2) is 4.87. The lowest BCUT2D eigenvalue weighted by Crippen LogP contribution is -2.62. The molecule has 0 amide bonds. The van der Waals surface area contributed by atoms with Gasteiger partial charge in [0, 0.05) is 36.0 Å². The van der Waals surface area contributed by atoms with E-state index in [1.54, 1.807) is 0 Å². The number of piperazine rings is 1. The highest BCUT2D eigenvalue weighted by atomic mass is 32.2. The van der Waals surface area contributed by atoms with Crippen LogP contribution in [0.3, 0.4) is 0 Å². The third-order valence-electron chi connectivity index (χ3n) is 4.18. The zero-order chi connectivity index (χ0) is 11.8. The Morgan fingerprint density at radius 1 is 1.31 bits per heavy atom. The van der Waals surface area contributed by atoms with Gasteiger partial charge in [-0.2, -0.15) is 11.8 Å². The topological polar surface area (TPSA) is 15.3 Å². The summed E-state index contributed by atoms with van der Waals surface area (Å²) in [5.74, 6) is 0. The van der Waals surface area contributed by atoms with Gasteiger partial charge in [-0.3, -0.25) is 4.90 Å². The fourth-order valence-corrected chi connectivity index (χ4v) is 3.92. The lowest BCUT2D eigenvalue weighted by Gasteiger charge is -2.46. The molecular formula is C13H26N2S. The Hall–Kier alpha value is 0.270. The van der Waals surface area contributed by atoms with Crippen molar-refractivity contribution in [2.24, 2.45) is 0 Å². The molecule has 1 aliphatic heterocycles. The third-order valence-corrected chi connectivity index (χ3v) is 5.27. The molecule has 16 heavy (non-hydrogen) atoms. The van der Waals surface area contributed by atoms with Gasteiger partial charge in [-0.15, -0.1) is 0 Å². The molecule has 0 bridgehead atoms. The maximum atomic E-state index is 3.64. The van der Waals surface area contributed by atoms with Crippen LogP contribution in [0, 0.1) is 0 Å². The average Bonchev–Trinajstić information content (AvgIpc) is 2.70. The molecule has 1 heterocycles. The Balaban J connectivity index is 1.97. The molecule has 2 fully saturated rings. The Kier molecular flexibility index (Phi) is 3.87. The molecule has 0 aromatic rings. The summed E-state index contributed by atoms with van der Waals surface area (Å²) in [5.41, 5.74) is 0.296. The van der Waals surface area contributed by atoms with Gasteiger partial charge >= 0.3 is 0 Å². The summed E-state index contributed by atoms with van der Waals surface area (Å²) in [5, 5.41) is 4.55. The van der Waals surface area contributed by atoms with Gasteiger partial charge in [-0.25, -0.2) is 0 Å². The third kappa shape index (κ3) is 2.74. The minimum absolute atomic E-state index is 0.296. The van der Waals surface area contributed by atoms with Gasteiger partial charge < -0.3 is 5.32 Å². The zero-order valence-electron chi connectivity index (χ0n) is 11.1. The smallest absolute Gasteiger partial charge is 0.0253 e. The van der Waals surface area contributed by atoms with Crippen LogP contribution in [-0.4, -0.2) is 47.1 Å². The molecule has 1 aliphatic carbocycles. The van der Waals surface area contributed by atoms with E-state index in [0.717, 1.165) is 17.8 Å². The van der Waals surface area contributed by atoms with Gasteiger partial charge in [0.15, 0.2) is 0 Å².